The molecule has 2 aliphatic rings. The molecule has 1 saturated heterocycles. The van der Waals surface area contributed by atoms with E-state index in [1.165, 1.54) is 12.1 Å². The third-order valence-electron chi connectivity index (χ3n) is 4.22. The van der Waals surface area contributed by atoms with E-state index < -0.39 is 12.3 Å². The van der Waals surface area contributed by atoms with Gasteiger partial charge in [-0.1, -0.05) is 11.3 Å². The van der Waals surface area contributed by atoms with Crippen LogP contribution in [-0.2, 0) is 9.53 Å². The number of nitrogens with one attached hydrogen (secondary N) is 1. The first-order chi connectivity index (χ1) is 11.9. The van der Waals surface area contributed by atoms with Gasteiger partial charge in [-0.2, -0.15) is 0 Å². The maximum absolute atomic E-state index is 13.1. The van der Waals surface area contributed by atoms with E-state index in [4.69, 9.17) is 10.5 Å². The smallest absolute Gasteiger partial charge is 0.395 e. The van der Waals surface area contributed by atoms with Crippen LogP contribution in [0.4, 0.5) is 13.9 Å². The van der Waals surface area contributed by atoms with Gasteiger partial charge in [0.15, 0.2) is 16.6 Å². The molecule has 1 aromatic carbocycles. The monoisotopic (exact) mass is 407 g/mol. The van der Waals surface area contributed by atoms with Crippen molar-refractivity contribution in [3.05, 3.63) is 12.1 Å². The fraction of sp³-hybridized carbons (Fsp3) is 0.467. The third kappa shape index (κ3) is 3.68. The predicted molar refractivity (Wildman–Crippen MR) is 93.2 cm³/mol. The second-order valence-electron chi connectivity index (χ2n) is 5.92. The van der Waals surface area contributed by atoms with Crippen LogP contribution in [0.5, 0.6) is 11.5 Å². The number of ether oxygens (including phenoxy) is 3. The van der Waals surface area contributed by atoms with Gasteiger partial charge in [0.05, 0.1) is 16.3 Å². The highest BCUT2D eigenvalue weighted by atomic mass is 35.5. The number of anilines is 1. The topological polar surface area (TPSA) is 95.7 Å². The lowest BCUT2D eigenvalue weighted by Gasteiger charge is -2.26. The number of carbonyl (C=O) groups excluding carboxylic acids is 1. The maximum atomic E-state index is 13.1. The average molecular weight is 408 g/mol. The standard InChI is InChI=1S/C15H15F2N3O4S.ClH/c16-15(17)23-9-5-8-11(6-10(9)24-15)25-14(19-8)20-13(21)12(18)7-1-3-22-4-2-7;/h5-7,12H,1-4,18H2,(H,19,20,21);1H. The van der Waals surface area contributed by atoms with E-state index in [2.05, 4.69) is 19.8 Å². The second-order valence-corrected chi connectivity index (χ2v) is 6.95. The van der Waals surface area contributed by atoms with Gasteiger partial charge in [-0.25, -0.2) is 4.98 Å². The van der Waals surface area contributed by atoms with Crippen molar-refractivity contribution in [2.24, 2.45) is 11.7 Å². The third-order valence-corrected chi connectivity index (χ3v) is 5.15. The SMILES string of the molecule is Cl.NC(C(=O)Nc1nc2cc3c(cc2s1)OC(F)(F)O3)C1CCOCC1. The quantitative estimate of drug-likeness (QED) is 0.812. The van der Waals surface area contributed by atoms with Crippen LogP contribution < -0.4 is 20.5 Å². The average Bonchev–Trinajstić information content (AvgIpc) is 3.09. The van der Waals surface area contributed by atoms with Crippen LogP contribution in [0.15, 0.2) is 12.1 Å². The van der Waals surface area contributed by atoms with Crippen molar-refractivity contribution in [2.75, 3.05) is 18.5 Å². The van der Waals surface area contributed by atoms with Gasteiger partial charge in [-0.15, -0.1) is 21.2 Å². The highest BCUT2D eigenvalue weighted by molar-refractivity contribution is 7.22. The van der Waals surface area contributed by atoms with Crippen LogP contribution in [0.25, 0.3) is 10.2 Å². The van der Waals surface area contributed by atoms with Gasteiger partial charge in [0.25, 0.3) is 0 Å². The zero-order valence-electron chi connectivity index (χ0n) is 13.4. The summed E-state index contributed by atoms with van der Waals surface area (Å²) in [6.07, 6.45) is -2.19. The van der Waals surface area contributed by atoms with Crippen LogP contribution in [0, 0.1) is 5.92 Å². The van der Waals surface area contributed by atoms with Gasteiger partial charge in [0.1, 0.15) is 0 Å². The molecule has 3 heterocycles. The maximum Gasteiger partial charge on any atom is 0.586 e. The fourth-order valence-corrected chi connectivity index (χ4v) is 3.78. The first-order valence-electron chi connectivity index (χ1n) is 7.76. The van der Waals surface area contributed by atoms with Gasteiger partial charge in [-0.3, -0.25) is 4.79 Å². The minimum Gasteiger partial charge on any atom is -0.395 e. The number of fused-ring (bicyclic) bond motifs is 2. The molecule has 7 nitrogen and oxygen atoms in total. The Morgan fingerprint density at radius 1 is 1.31 bits per heavy atom. The van der Waals surface area contributed by atoms with Crippen molar-refractivity contribution in [1.29, 1.82) is 0 Å². The highest BCUT2D eigenvalue weighted by Crippen LogP contribution is 2.44. The number of hydrogen-bond acceptors (Lipinski definition) is 7. The molecule has 0 saturated carbocycles. The van der Waals surface area contributed by atoms with E-state index in [1.54, 1.807) is 0 Å². The summed E-state index contributed by atoms with van der Waals surface area (Å²) in [5.41, 5.74) is 6.46. The Bertz CT molecular complexity index is 784. The summed E-state index contributed by atoms with van der Waals surface area (Å²) in [6, 6.07) is 2.12. The minimum absolute atomic E-state index is 0. The molecule has 3 N–H and O–H groups in total. The van der Waals surface area contributed by atoms with Gasteiger partial charge in [0.2, 0.25) is 5.91 Å². The number of alkyl halides is 2. The highest BCUT2D eigenvalue weighted by Gasteiger charge is 2.43. The number of benzene rings is 1. The molecule has 26 heavy (non-hydrogen) atoms. The largest absolute Gasteiger partial charge is 0.586 e. The summed E-state index contributed by atoms with van der Waals surface area (Å²) in [5.74, 6) is -0.397. The summed E-state index contributed by atoms with van der Waals surface area (Å²) in [4.78, 5) is 16.5. The Morgan fingerprint density at radius 2 is 1.96 bits per heavy atom. The van der Waals surface area contributed by atoms with Crippen LogP contribution in [0.3, 0.4) is 0 Å². The number of amides is 1. The number of nitrogens with two attached hydrogens (primary N) is 1. The zero-order valence-corrected chi connectivity index (χ0v) is 15.0. The van der Waals surface area contributed by atoms with E-state index in [0.29, 0.717) is 28.6 Å². The van der Waals surface area contributed by atoms with E-state index in [9.17, 15) is 13.6 Å². The summed E-state index contributed by atoms with van der Waals surface area (Å²) >= 11 is 1.15. The number of carbonyl (C=O) groups is 1. The second kappa shape index (κ2) is 7.10. The van der Waals surface area contributed by atoms with E-state index in [1.807, 2.05) is 0 Å². The molecule has 142 valence electrons. The lowest BCUT2D eigenvalue weighted by atomic mass is 9.92. The molecule has 1 aromatic heterocycles. The van der Waals surface area contributed by atoms with Crippen LogP contribution in [0.1, 0.15) is 12.8 Å². The Labute approximate surface area is 157 Å². The predicted octanol–water partition coefficient (Wildman–Crippen LogP) is 2.73. The molecule has 4 rings (SSSR count). The molecule has 1 fully saturated rings. The molecule has 0 aliphatic carbocycles. The van der Waals surface area contributed by atoms with Gasteiger partial charge in [-0.05, 0) is 18.8 Å². The first kappa shape index (κ1) is 19.0. The molecule has 0 spiro atoms. The van der Waals surface area contributed by atoms with Crippen LogP contribution in [-0.4, -0.2) is 36.4 Å². The first-order valence-corrected chi connectivity index (χ1v) is 8.57. The molecule has 0 bridgehead atoms. The Hall–Kier alpha value is -1.75. The minimum atomic E-state index is -3.67. The molecular weight excluding hydrogens is 392 g/mol. The molecule has 1 atom stereocenters. The Balaban J connectivity index is 0.00000196. The van der Waals surface area contributed by atoms with Crippen molar-refractivity contribution in [3.63, 3.8) is 0 Å². The van der Waals surface area contributed by atoms with Crippen molar-refractivity contribution in [1.82, 2.24) is 4.98 Å². The number of hydrogen-bond donors (Lipinski definition) is 2. The summed E-state index contributed by atoms with van der Waals surface area (Å²) in [7, 11) is 0. The fourth-order valence-electron chi connectivity index (χ4n) is 2.90. The molecule has 1 unspecified atom stereocenters. The van der Waals surface area contributed by atoms with Gasteiger partial charge < -0.3 is 25.3 Å². The molecule has 2 aliphatic heterocycles. The molecular formula is C15H16ClF2N3O4S. The summed E-state index contributed by atoms with van der Waals surface area (Å²) < 4.78 is 40.8. The molecule has 11 heteroatoms. The van der Waals surface area contributed by atoms with Crippen molar-refractivity contribution < 1.29 is 27.8 Å². The molecule has 1 amide bonds. The van der Waals surface area contributed by atoms with E-state index >= 15 is 0 Å². The summed E-state index contributed by atoms with van der Waals surface area (Å²) in [5, 5.41) is 3.04. The normalized spacial score (nSPS) is 19.8. The van der Waals surface area contributed by atoms with E-state index in [0.717, 1.165) is 24.2 Å². The lowest BCUT2D eigenvalue weighted by molar-refractivity contribution is -0.286. The Morgan fingerprint density at radius 3 is 2.65 bits per heavy atom. The lowest BCUT2D eigenvalue weighted by Crippen LogP contribution is -2.43. The summed E-state index contributed by atoms with van der Waals surface area (Å²) in [6.45, 7) is 1.20. The van der Waals surface area contributed by atoms with E-state index in [-0.39, 0.29) is 35.7 Å². The molecule has 0 radical (unpaired) electrons. The van der Waals surface area contributed by atoms with Crippen molar-refractivity contribution in [3.8, 4) is 11.5 Å². The van der Waals surface area contributed by atoms with Crippen molar-refractivity contribution >= 4 is 45.0 Å². The molecule has 2 aromatic rings. The number of rotatable bonds is 3. The Kier molecular flexibility index (Phi) is 5.20. The van der Waals surface area contributed by atoms with Crippen molar-refractivity contribution in [2.45, 2.75) is 25.2 Å². The van der Waals surface area contributed by atoms with Gasteiger partial charge in [0, 0.05) is 25.3 Å². The van der Waals surface area contributed by atoms with Crippen LogP contribution in [0.2, 0.25) is 0 Å². The van der Waals surface area contributed by atoms with Crippen LogP contribution >= 0.6 is 23.7 Å². The number of halogens is 3. The number of aromatic nitrogens is 1. The number of nitrogens with zero attached hydrogens (tertiary/aromatic N) is 1. The number of thiazole rings is 1. The van der Waals surface area contributed by atoms with Gasteiger partial charge >= 0.3 is 6.29 Å². The zero-order chi connectivity index (χ0) is 17.6.